The van der Waals surface area contributed by atoms with Crippen molar-refractivity contribution in [3.8, 4) is 5.69 Å². The maximum atomic E-state index is 14.6. The molecule has 0 saturated carbocycles. The van der Waals surface area contributed by atoms with Crippen molar-refractivity contribution in [2.75, 3.05) is 4.90 Å². The van der Waals surface area contributed by atoms with Gasteiger partial charge in [-0.15, -0.1) is 0 Å². The van der Waals surface area contributed by atoms with Crippen molar-refractivity contribution in [1.29, 1.82) is 0 Å². The molecule has 0 radical (unpaired) electrons. The molecule has 1 unspecified atom stereocenters. The molecular weight excluding hydrogens is 407 g/mol. The van der Waals surface area contributed by atoms with Crippen LogP contribution < -0.4 is 4.90 Å². The standard InChI is InChI=1S/C30H21FN2/c1-19-23-12-7-8-14-25(23)32-28-18-22(31)15-16-26(28)33-27(20-9-3-2-4-10-20)17-21-11-5-6-13-24(21)30(33)29(19)32/h2-18,30H,1H3. The molecule has 1 atom stereocenters. The molecule has 0 bridgehead atoms. The fourth-order valence-corrected chi connectivity index (χ4v) is 5.64. The molecule has 5 aromatic rings. The Hall–Kier alpha value is -4.11. The van der Waals surface area contributed by atoms with E-state index in [2.05, 4.69) is 95.3 Å². The Morgan fingerprint density at radius 3 is 2.39 bits per heavy atom. The van der Waals surface area contributed by atoms with Gasteiger partial charge >= 0.3 is 0 Å². The smallest absolute Gasteiger partial charge is 0.125 e. The van der Waals surface area contributed by atoms with Gasteiger partial charge in [0.15, 0.2) is 0 Å². The number of rotatable bonds is 1. The molecule has 0 saturated heterocycles. The Morgan fingerprint density at radius 1 is 0.758 bits per heavy atom. The van der Waals surface area contributed by atoms with Crippen molar-refractivity contribution in [3.63, 3.8) is 0 Å². The molecule has 0 aliphatic carbocycles. The number of anilines is 1. The molecule has 3 heteroatoms. The Kier molecular flexibility index (Phi) is 3.74. The zero-order chi connectivity index (χ0) is 22.1. The molecule has 4 aromatic carbocycles. The highest BCUT2D eigenvalue weighted by Crippen LogP contribution is 2.52. The summed E-state index contributed by atoms with van der Waals surface area (Å²) < 4.78 is 16.9. The average Bonchev–Trinajstić information content (AvgIpc) is 3.16. The molecule has 2 aliphatic heterocycles. The number of aryl methyl sites for hydroxylation is 1. The summed E-state index contributed by atoms with van der Waals surface area (Å²) in [5.41, 5.74) is 10.2. The van der Waals surface area contributed by atoms with Gasteiger partial charge in [-0.05, 0) is 59.5 Å². The van der Waals surface area contributed by atoms with Crippen LogP contribution in [0.3, 0.4) is 0 Å². The number of benzene rings is 4. The van der Waals surface area contributed by atoms with Crippen LogP contribution in [0.4, 0.5) is 10.1 Å². The molecule has 158 valence electrons. The van der Waals surface area contributed by atoms with Crippen molar-refractivity contribution >= 4 is 28.4 Å². The summed E-state index contributed by atoms with van der Waals surface area (Å²) >= 11 is 0. The molecule has 2 nitrogen and oxygen atoms in total. The molecule has 1 aromatic heterocycles. The van der Waals surface area contributed by atoms with Crippen LogP contribution in [0.5, 0.6) is 0 Å². The highest BCUT2D eigenvalue weighted by atomic mass is 19.1. The van der Waals surface area contributed by atoms with E-state index >= 15 is 0 Å². The van der Waals surface area contributed by atoms with Crippen LogP contribution in [0.2, 0.25) is 0 Å². The SMILES string of the molecule is Cc1c2n(c3ccccc13)-c1cc(F)ccc1N1C(c3ccccc3)=Cc3ccccc3C21. The van der Waals surface area contributed by atoms with E-state index in [1.165, 1.54) is 27.8 Å². The normalized spacial score (nSPS) is 16.0. The predicted octanol–water partition coefficient (Wildman–Crippen LogP) is 7.50. The van der Waals surface area contributed by atoms with Crippen LogP contribution >= 0.6 is 0 Å². The van der Waals surface area contributed by atoms with E-state index in [4.69, 9.17) is 0 Å². The Morgan fingerprint density at radius 2 is 1.52 bits per heavy atom. The minimum atomic E-state index is -0.226. The Labute approximate surface area is 191 Å². The van der Waals surface area contributed by atoms with Crippen LogP contribution in [-0.4, -0.2) is 4.57 Å². The first-order valence-electron chi connectivity index (χ1n) is 11.3. The molecular formula is C30H21FN2. The van der Waals surface area contributed by atoms with Gasteiger partial charge < -0.3 is 9.47 Å². The monoisotopic (exact) mass is 428 g/mol. The number of nitrogens with zero attached hydrogens (tertiary/aromatic N) is 2. The van der Waals surface area contributed by atoms with Crippen LogP contribution in [0.15, 0.2) is 97.1 Å². The third-order valence-corrected chi connectivity index (χ3v) is 7.04. The number of hydrogen-bond acceptors (Lipinski definition) is 1. The van der Waals surface area contributed by atoms with Gasteiger partial charge in [-0.25, -0.2) is 4.39 Å². The Bertz CT molecular complexity index is 1590. The summed E-state index contributed by atoms with van der Waals surface area (Å²) in [5, 5.41) is 1.21. The Balaban J connectivity index is 1.65. The maximum absolute atomic E-state index is 14.6. The van der Waals surface area contributed by atoms with Crippen molar-refractivity contribution in [1.82, 2.24) is 4.57 Å². The lowest BCUT2D eigenvalue weighted by Gasteiger charge is -2.44. The summed E-state index contributed by atoms with van der Waals surface area (Å²) in [7, 11) is 0. The number of fused-ring (bicyclic) bond motifs is 10. The van der Waals surface area contributed by atoms with Gasteiger partial charge in [0, 0.05) is 5.39 Å². The first-order chi connectivity index (χ1) is 16.2. The second kappa shape index (κ2) is 6.69. The second-order valence-electron chi connectivity index (χ2n) is 8.79. The zero-order valence-electron chi connectivity index (χ0n) is 18.2. The summed E-state index contributed by atoms with van der Waals surface area (Å²) in [6.07, 6.45) is 2.27. The van der Waals surface area contributed by atoms with Gasteiger partial charge in [0.1, 0.15) is 11.9 Å². The maximum Gasteiger partial charge on any atom is 0.125 e. The fourth-order valence-electron chi connectivity index (χ4n) is 5.64. The van der Waals surface area contributed by atoms with E-state index in [9.17, 15) is 4.39 Å². The molecule has 33 heavy (non-hydrogen) atoms. The predicted molar refractivity (Wildman–Crippen MR) is 133 cm³/mol. The first kappa shape index (κ1) is 18.5. The van der Waals surface area contributed by atoms with E-state index in [0.717, 1.165) is 28.2 Å². The van der Waals surface area contributed by atoms with Crippen molar-refractivity contribution in [2.24, 2.45) is 0 Å². The highest BCUT2D eigenvalue weighted by molar-refractivity contribution is 5.99. The van der Waals surface area contributed by atoms with E-state index < -0.39 is 0 Å². The largest absolute Gasteiger partial charge is 0.326 e. The summed E-state index contributed by atoms with van der Waals surface area (Å²) in [4.78, 5) is 2.40. The van der Waals surface area contributed by atoms with Crippen molar-refractivity contribution in [3.05, 3.63) is 131 Å². The minimum Gasteiger partial charge on any atom is -0.326 e. The summed E-state index contributed by atoms with van der Waals surface area (Å²) in [6.45, 7) is 2.19. The third-order valence-electron chi connectivity index (χ3n) is 7.04. The number of para-hydroxylation sites is 1. The summed E-state index contributed by atoms with van der Waals surface area (Å²) in [5.74, 6) is -0.226. The van der Waals surface area contributed by atoms with Gasteiger partial charge in [0.25, 0.3) is 0 Å². The van der Waals surface area contributed by atoms with Gasteiger partial charge in [-0.3, -0.25) is 0 Å². The van der Waals surface area contributed by atoms with Gasteiger partial charge in [-0.1, -0.05) is 72.8 Å². The van der Waals surface area contributed by atoms with E-state index in [-0.39, 0.29) is 11.9 Å². The molecule has 0 N–H and O–H groups in total. The highest BCUT2D eigenvalue weighted by Gasteiger charge is 2.40. The van der Waals surface area contributed by atoms with Crippen LogP contribution in [0, 0.1) is 12.7 Å². The topological polar surface area (TPSA) is 8.17 Å². The molecule has 0 fully saturated rings. The molecule has 7 rings (SSSR count). The fraction of sp³-hybridized carbons (Fsp3) is 0.0667. The number of hydrogen-bond donors (Lipinski definition) is 0. The molecule has 2 aliphatic rings. The average molecular weight is 429 g/mol. The molecule has 0 amide bonds. The molecule has 0 spiro atoms. The zero-order valence-corrected chi connectivity index (χ0v) is 18.2. The second-order valence-corrected chi connectivity index (χ2v) is 8.79. The van der Waals surface area contributed by atoms with E-state index in [0.29, 0.717) is 0 Å². The van der Waals surface area contributed by atoms with Crippen molar-refractivity contribution < 1.29 is 4.39 Å². The van der Waals surface area contributed by atoms with E-state index in [1.54, 1.807) is 12.1 Å². The first-order valence-corrected chi connectivity index (χ1v) is 11.3. The lowest BCUT2D eigenvalue weighted by Crippen LogP contribution is -2.36. The van der Waals surface area contributed by atoms with Crippen LogP contribution in [-0.2, 0) is 0 Å². The van der Waals surface area contributed by atoms with Gasteiger partial charge in [0.05, 0.1) is 28.3 Å². The number of halogens is 1. The van der Waals surface area contributed by atoms with E-state index in [1.807, 2.05) is 12.1 Å². The minimum absolute atomic E-state index is 0.00762. The summed E-state index contributed by atoms with van der Waals surface area (Å²) in [6, 6.07) is 32.7. The van der Waals surface area contributed by atoms with Crippen LogP contribution in [0.25, 0.3) is 28.4 Å². The van der Waals surface area contributed by atoms with Gasteiger partial charge in [-0.2, -0.15) is 0 Å². The third kappa shape index (κ3) is 2.48. The van der Waals surface area contributed by atoms with Crippen LogP contribution in [0.1, 0.15) is 34.0 Å². The van der Waals surface area contributed by atoms with Crippen molar-refractivity contribution in [2.45, 2.75) is 13.0 Å². The quantitative estimate of drug-likeness (QED) is 0.268. The lowest BCUT2D eigenvalue weighted by molar-refractivity contribution is 0.623. The lowest BCUT2D eigenvalue weighted by atomic mass is 9.86. The van der Waals surface area contributed by atoms with Gasteiger partial charge in [0.2, 0.25) is 0 Å². The number of aromatic nitrogens is 1. The molecule has 3 heterocycles.